The Morgan fingerprint density at radius 2 is 1.72 bits per heavy atom. The van der Waals surface area contributed by atoms with E-state index in [1.54, 1.807) is 24.3 Å². The minimum absolute atomic E-state index is 0.0497. The van der Waals surface area contributed by atoms with E-state index in [-0.39, 0.29) is 18.4 Å². The van der Waals surface area contributed by atoms with Crippen LogP contribution in [-0.4, -0.2) is 38.9 Å². The highest BCUT2D eigenvalue weighted by atomic mass is 32.2. The molecular weight excluding hydrogens is 386 g/mol. The Labute approximate surface area is 171 Å². The van der Waals surface area contributed by atoms with Crippen LogP contribution in [0.1, 0.15) is 11.1 Å². The van der Waals surface area contributed by atoms with E-state index in [0.29, 0.717) is 11.4 Å². The van der Waals surface area contributed by atoms with Gasteiger partial charge in [0.1, 0.15) is 5.92 Å². The minimum Gasteiger partial charge on any atom is -0.468 e. The van der Waals surface area contributed by atoms with Crippen molar-refractivity contribution in [3.05, 3.63) is 83.4 Å². The first-order chi connectivity index (χ1) is 13.9. The van der Waals surface area contributed by atoms with Crippen LogP contribution < -0.4 is 0 Å². The van der Waals surface area contributed by atoms with Gasteiger partial charge in [0, 0.05) is 19.0 Å². The Kier molecular flexibility index (Phi) is 5.15. The summed E-state index contributed by atoms with van der Waals surface area (Å²) in [6.45, 7) is 2.58. The Bertz CT molecular complexity index is 1090. The molecule has 0 aromatic heterocycles. The molecule has 2 aromatic carbocycles. The molecule has 0 N–H and O–H groups in total. The molecule has 0 unspecified atom stereocenters. The topological polar surface area (TPSA) is 63.7 Å². The van der Waals surface area contributed by atoms with Gasteiger partial charge in [-0.3, -0.25) is 4.79 Å². The summed E-state index contributed by atoms with van der Waals surface area (Å²) in [5.74, 6) is -0.923. The Balaban J connectivity index is 1.68. The van der Waals surface area contributed by atoms with Crippen molar-refractivity contribution < 1.29 is 17.9 Å². The second-order valence-corrected chi connectivity index (χ2v) is 9.39. The number of hydrogen-bond acceptors (Lipinski definition) is 4. The van der Waals surface area contributed by atoms with Gasteiger partial charge in [0.05, 0.1) is 12.0 Å². The number of esters is 1. The number of aryl methyl sites for hydroxylation is 1. The zero-order valence-corrected chi connectivity index (χ0v) is 17.2. The molecule has 1 saturated heterocycles. The zero-order valence-electron chi connectivity index (χ0n) is 16.4. The molecule has 1 aliphatic heterocycles. The lowest BCUT2D eigenvalue weighted by molar-refractivity contribution is -0.142. The molecule has 6 heteroatoms. The molecule has 0 saturated carbocycles. The molecule has 2 aliphatic rings. The first-order valence-electron chi connectivity index (χ1n) is 9.52. The monoisotopic (exact) mass is 409 g/mol. The van der Waals surface area contributed by atoms with Gasteiger partial charge in [-0.05, 0) is 35.8 Å². The van der Waals surface area contributed by atoms with E-state index in [2.05, 4.69) is 0 Å². The van der Waals surface area contributed by atoms with Gasteiger partial charge in [-0.2, -0.15) is 4.31 Å². The van der Waals surface area contributed by atoms with E-state index < -0.39 is 15.9 Å². The average Bonchev–Trinajstić information content (AvgIpc) is 3.17. The summed E-state index contributed by atoms with van der Waals surface area (Å²) in [5, 5.41) is 0. The van der Waals surface area contributed by atoms with Crippen molar-refractivity contribution in [1.29, 1.82) is 0 Å². The molecule has 1 fully saturated rings. The van der Waals surface area contributed by atoms with Crippen molar-refractivity contribution in [3.8, 4) is 0 Å². The summed E-state index contributed by atoms with van der Waals surface area (Å²) in [6.07, 6.45) is 3.90. The molecule has 2 aromatic rings. The smallest absolute Gasteiger partial charge is 0.317 e. The lowest BCUT2D eigenvalue weighted by atomic mass is 9.81. The Morgan fingerprint density at radius 3 is 2.38 bits per heavy atom. The van der Waals surface area contributed by atoms with Crippen LogP contribution in [0.3, 0.4) is 0 Å². The van der Waals surface area contributed by atoms with Gasteiger partial charge < -0.3 is 4.74 Å². The van der Waals surface area contributed by atoms with Crippen molar-refractivity contribution in [1.82, 2.24) is 4.31 Å². The highest BCUT2D eigenvalue weighted by Crippen LogP contribution is 2.39. The fraction of sp³-hybridized carbons (Fsp3) is 0.261. The van der Waals surface area contributed by atoms with Gasteiger partial charge in [0.15, 0.2) is 0 Å². The Morgan fingerprint density at radius 1 is 1.03 bits per heavy atom. The summed E-state index contributed by atoms with van der Waals surface area (Å²) >= 11 is 0. The number of carbonyl (C=O) groups is 1. The zero-order chi connectivity index (χ0) is 20.6. The predicted octanol–water partition coefficient (Wildman–Crippen LogP) is 3.43. The standard InChI is InChI=1S/C23H23NO4S/c1-16-8-10-20(11-9-16)29(26,27)24-14-18-12-21(17-6-4-3-5-7-17)22(23(25)28-2)13-19(18)15-24/h3-13,18,22H,14-15H2,1-2H3/t18-,22+/m1/s1. The third-order valence-electron chi connectivity index (χ3n) is 5.55. The number of fused-ring (bicyclic) bond motifs is 1. The number of methoxy groups -OCH3 is 1. The number of nitrogens with zero attached hydrogens (tertiary/aromatic N) is 1. The van der Waals surface area contributed by atoms with Crippen molar-refractivity contribution in [2.24, 2.45) is 11.8 Å². The number of ether oxygens (including phenoxy) is 1. The summed E-state index contributed by atoms with van der Waals surface area (Å²) in [4.78, 5) is 12.7. The van der Waals surface area contributed by atoms with Gasteiger partial charge in [0.2, 0.25) is 10.0 Å². The summed E-state index contributed by atoms with van der Waals surface area (Å²) in [5.41, 5.74) is 3.76. The van der Waals surface area contributed by atoms with Crippen molar-refractivity contribution in [3.63, 3.8) is 0 Å². The van der Waals surface area contributed by atoms with Crippen LogP contribution in [0.25, 0.3) is 5.57 Å². The largest absolute Gasteiger partial charge is 0.468 e. The van der Waals surface area contributed by atoms with Gasteiger partial charge in [0.25, 0.3) is 0 Å². The molecule has 4 rings (SSSR count). The lowest BCUT2D eigenvalue weighted by Crippen LogP contribution is -2.28. The van der Waals surface area contributed by atoms with Crippen LogP contribution in [0.5, 0.6) is 0 Å². The summed E-state index contributed by atoms with van der Waals surface area (Å²) < 4.78 is 32.7. The fourth-order valence-electron chi connectivity index (χ4n) is 3.95. The molecule has 0 amide bonds. The number of sulfonamides is 1. The molecule has 0 bridgehead atoms. The van der Waals surface area contributed by atoms with Crippen LogP contribution in [0, 0.1) is 18.8 Å². The average molecular weight is 410 g/mol. The quantitative estimate of drug-likeness (QED) is 0.573. The highest BCUT2D eigenvalue weighted by Gasteiger charge is 2.39. The fourth-order valence-corrected chi connectivity index (χ4v) is 5.41. The first-order valence-corrected chi connectivity index (χ1v) is 11.0. The molecule has 29 heavy (non-hydrogen) atoms. The van der Waals surface area contributed by atoms with Gasteiger partial charge in [-0.25, -0.2) is 8.42 Å². The first kappa shape index (κ1) is 19.6. The van der Waals surface area contributed by atoms with Crippen LogP contribution in [0.4, 0.5) is 0 Å². The van der Waals surface area contributed by atoms with Gasteiger partial charge in [-0.15, -0.1) is 0 Å². The van der Waals surface area contributed by atoms with E-state index in [9.17, 15) is 13.2 Å². The summed E-state index contributed by atoms with van der Waals surface area (Å²) in [7, 11) is -2.22. The molecule has 1 heterocycles. The van der Waals surface area contributed by atoms with Crippen LogP contribution in [0.2, 0.25) is 0 Å². The Hall–Kier alpha value is -2.70. The molecular formula is C23H23NO4S. The third kappa shape index (κ3) is 3.66. The van der Waals surface area contributed by atoms with Crippen LogP contribution in [0.15, 0.2) is 77.2 Å². The number of hydrogen-bond donors (Lipinski definition) is 0. The van der Waals surface area contributed by atoms with E-state index in [1.807, 2.05) is 49.4 Å². The summed E-state index contributed by atoms with van der Waals surface area (Å²) in [6, 6.07) is 16.6. The van der Waals surface area contributed by atoms with Crippen LogP contribution >= 0.6 is 0 Å². The normalized spacial score (nSPS) is 21.9. The van der Waals surface area contributed by atoms with E-state index in [4.69, 9.17) is 4.74 Å². The van der Waals surface area contributed by atoms with Gasteiger partial charge >= 0.3 is 5.97 Å². The number of benzene rings is 2. The second-order valence-electron chi connectivity index (χ2n) is 7.45. The van der Waals surface area contributed by atoms with E-state index in [1.165, 1.54) is 11.4 Å². The highest BCUT2D eigenvalue weighted by molar-refractivity contribution is 7.89. The van der Waals surface area contributed by atoms with Crippen molar-refractivity contribution >= 4 is 21.6 Å². The van der Waals surface area contributed by atoms with Gasteiger partial charge in [-0.1, -0.05) is 60.2 Å². The molecule has 5 nitrogen and oxygen atoms in total. The molecule has 1 aliphatic carbocycles. The van der Waals surface area contributed by atoms with Crippen molar-refractivity contribution in [2.75, 3.05) is 20.2 Å². The SMILES string of the molecule is COC(=O)[C@H]1C=C2CN(S(=O)(=O)c3ccc(C)cc3)C[C@H]2C=C1c1ccccc1. The number of carbonyl (C=O) groups excluding carboxylic acids is 1. The molecule has 0 radical (unpaired) electrons. The maximum atomic E-state index is 13.1. The second kappa shape index (κ2) is 7.61. The maximum absolute atomic E-state index is 13.1. The van der Waals surface area contributed by atoms with E-state index >= 15 is 0 Å². The van der Waals surface area contributed by atoms with E-state index in [0.717, 1.165) is 22.3 Å². The molecule has 2 atom stereocenters. The lowest BCUT2D eigenvalue weighted by Gasteiger charge is -2.23. The third-order valence-corrected chi connectivity index (χ3v) is 7.38. The predicted molar refractivity (Wildman–Crippen MR) is 111 cm³/mol. The van der Waals surface area contributed by atoms with Crippen molar-refractivity contribution in [2.45, 2.75) is 11.8 Å². The van der Waals surface area contributed by atoms with Crippen LogP contribution in [-0.2, 0) is 19.6 Å². The number of rotatable bonds is 4. The minimum atomic E-state index is -3.59. The molecule has 150 valence electrons. The molecule has 0 spiro atoms. The maximum Gasteiger partial charge on any atom is 0.317 e.